The van der Waals surface area contributed by atoms with E-state index in [9.17, 15) is 13.6 Å². The summed E-state index contributed by atoms with van der Waals surface area (Å²) in [5, 5.41) is 0. The molecule has 0 saturated carbocycles. The standard InChI is InChI=1S/C26H20F2N2O3/c1-32-18-10-7-15(8-11-18)13-20-22(16-5-3-2-4-6-16)23-25(33-26(20)31)30-24(29-23)19-14-17(27)9-12-21(19)28/h2-12,14,20,22H,13H2,1H3,(H,29,30). The molecule has 2 atom stereocenters. The number of esters is 1. The number of carbonyl (C=O) groups excluding carboxylic acids is 1. The SMILES string of the molecule is COc1ccc(CC2C(=O)Oc3[nH]c(-c4cc(F)ccc4F)nc3C2c2ccccc2)cc1. The van der Waals surface area contributed by atoms with E-state index >= 15 is 0 Å². The summed E-state index contributed by atoms with van der Waals surface area (Å²) in [7, 11) is 1.59. The number of nitrogens with zero attached hydrogens (tertiary/aromatic N) is 1. The molecule has 2 unspecified atom stereocenters. The number of hydrogen-bond acceptors (Lipinski definition) is 4. The highest BCUT2D eigenvalue weighted by atomic mass is 19.1. The van der Waals surface area contributed by atoms with Gasteiger partial charge in [-0.1, -0.05) is 42.5 Å². The maximum atomic E-state index is 14.4. The predicted octanol–water partition coefficient (Wildman–Crippen LogP) is 5.27. The van der Waals surface area contributed by atoms with Crippen LogP contribution in [-0.2, 0) is 11.2 Å². The van der Waals surface area contributed by atoms with Gasteiger partial charge in [-0.3, -0.25) is 4.79 Å². The highest BCUT2D eigenvalue weighted by Crippen LogP contribution is 2.43. The van der Waals surface area contributed by atoms with Crippen molar-refractivity contribution >= 4 is 5.97 Å². The first-order chi connectivity index (χ1) is 16.0. The van der Waals surface area contributed by atoms with Crippen molar-refractivity contribution in [3.63, 3.8) is 0 Å². The third-order valence-corrected chi connectivity index (χ3v) is 5.86. The zero-order chi connectivity index (χ0) is 22.9. The van der Waals surface area contributed by atoms with Crippen molar-refractivity contribution in [2.24, 2.45) is 5.92 Å². The van der Waals surface area contributed by atoms with Crippen LogP contribution in [0.2, 0.25) is 0 Å². The van der Waals surface area contributed by atoms with Gasteiger partial charge in [0.1, 0.15) is 28.9 Å². The zero-order valence-corrected chi connectivity index (χ0v) is 17.7. The lowest BCUT2D eigenvalue weighted by atomic mass is 9.79. The first-order valence-electron chi connectivity index (χ1n) is 10.5. The largest absolute Gasteiger partial charge is 0.497 e. The molecule has 5 rings (SSSR count). The molecule has 1 N–H and O–H groups in total. The second-order valence-corrected chi connectivity index (χ2v) is 7.89. The fourth-order valence-corrected chi connectivity index (χ4v) is 4.24. The number of imidazole rings is 1. The average Bonchev–Trinajstić information content (AvgIpc) is 3.25. The molecule has 1 aliphatic rings. The molecule has 33 heavy (non-hydrogen) atoms. The zero-order valence-electron chi connectivity index (χ0n) is 17.7. The number of carbonyl (C=O) groups is 1. The fraction of sp³-hybridized carbons (Fsp3) is 0.154. The van der Waals surface area contributed by atoms with E-state index in [4.69, 9.17) is 9.47 Å². The maximum absolute atomic E-state index is 14.4. The molecule has 2 heterocycles. The van der Waals surface area contributed by atoms with E-state index in [1.165, 1.54) is 0 Å². The number of aromatic amines is 1. The van der Waals surface area contributed by atoms with Crippen LogP contribution in [0.5, 0.6) is 11.6 Å². The fourth-order valence-electron chi connectivity index (χ4n) is 4.24. The minimum absolute atomic E-state index is 0.0287. The van der Waals surface area contributed by atoms with E-state index in [-0.39, 0.29) is 17.3 Å². The molecule has 3 aromatic carbocycles. The van der Waals surface area contributed by atoms with Gasteiger partial charge in [0.2, 0.25) is 5.88 Å². The minimum atomic E-state index is -0.625. The maximum Gasteiger partial charge on any atom is 0.317 e. The molecule has 0 bridgehead atoms. The Balaban J connectivity index is 1.59. The lowest BCUT2D eigenvalue weighted by Gasteiger charge is -2.29. The van der Waals surface area contributed by atoms with Crippen LogP contribution in [0.1, 0.15) is 22.7 Å². The van der Waals surface area contributed by atoms with Crippen LogP contribution in [0.25, 0.3) is 11.4 Å². The summed E-state index contributed by atoms with van der Waals surface area (Å²) in [5.41, 5.74) is 2.28. The Hall–Kier alpha value is -4.00. The van der Waals surface area contributed by atoms with E-state index in [2.05, 4.69) is 9.97 Å². The summed E-state index contributed by atoms with van der Waals surface area (Å²) in [4.78, 5) is 20.6. The summed E-state index contributed by atoms with van der Waals surface area (Å²) in [6, 6.07) is 20.1. The van der Waals surface area contributed by atoms with E-state index < -0.39 is 29.4 Å². The van der Waals surface area contributed by atoms with Gasteiger partial charge in [0.25, 0.3) is 0 Å². The summed E-state index contributed by atoms with van der Waals surface area (Å²) in [6.45, 7) is 0. The van der Waals surface area contributed by atoms with Crippen molar-refractivity contribution in [3.8, 4) is 23.0 Å². The Labute approximate surface area is 189 Å². The van der Waals surface area contributed by atoms with E-state index in [0.29, 0.717) is 12.1 Å². The van der Waals surface area contributed by atoms with Gasteiger partial charge in [0.05, 0.1) is 18.6 Å². The number of aromatic nitrogens is 2. The van der Waals surface area contributed by atoms with Gasteiger partial charge >= 0.3 is 5.97 Å². The van der Waals surface area contributed by atoms with Crippen LogP contribution in [0.3, 0.4) is 0 Å². The second kappa shape index (κ2) is 8.50. The van der Waals surface area contributed by atoms with Crippen LogP contribution in [0.15, 0.2) is 72.8 Å². The van der Waals surface area contributed by atoms with Crippen LogP contribution in [0, 0.1) is 17.6 Å². The smallest absolute Gasteiger partial charge is 0.317 e. The summed E-state index contributed by atoms with van der Waals surface area (Å²) in [6.07, 6.45) is 0.415. The number of methoxy groups -OCH3 is 1. The van der Waals surface area contributed by atoms with Gasteiger partial charge in [-0.15, -0.1) is 0 Å². The molecule has 0 aliphatic carbocycles. The Bertz CT molecular complexity index is 1300. The summed E-state index contributed by atoms with van der Waals surface area (Å²) in [5.74, 6) is -1.63. The van der Waals surface area contributed by atoms with Crippen molar-refractivity contribution in [2.75, 3.05) is 7.11 Å². The van der Waals surface area contributed by atoms with Crippen molar-refractivity contribution in [3.05, 3.63) is 101 Å². The first kappa shape index (κ1) is 20.9. The van der Waals surface area contributed by atoms with Crippen LogP contribution < -0.4 is 9.47 Å². The number of hydrogen-bond donors (Lipinski definition) is 1. The molecule has 0 spiro atoms. The van der Waals surface area contributed by atoms with Gasteiger partial charge in [-0.25, -0.2) is 13.8 Å². The molecular weight excluding hydrogens is 426 g/mol. The number of nitrogens with one attached hydrogen (secondary N) is 1. The molecule has 0 saturated heterocycles. The Morgan fingerprint density at radius 1 is 1.03 bits per heavy atom. The van der Waals surface area contributed by atoms with Crippen molar-refractivity contribution < 1.29 is 23.0 Å². The molecule has 1 aliphatic heterocycles. The number of ether oxygens (including phenoxy) is 2. The van der Waals surface area contributed by atoms with E-state index in [1.807, 2.05) is 54.6 Å². The molecule has 0 fully saturated rings. The predicted molar refractivity (Wildman–Crippen MR) is 118 cm³/mol. The van der Waals surface area contributed by atoms with Gasteiger partial charge in [-0.05, 0) is 47.9 Å². The van der Waals surface area contributed by atoms with Gasteiger partial charge < -0.3 is 14.5 Å². The molecular formula is C26H20F2N2O3. The van der Waals surface area contributed by atoms with Gasteiger partial charge in [0.15, 0.2) is 0 Å². The molecule has 4 aromatic rings. The van der Waals surface area contributed by atoms with Crippen LogP contribution in [-0.4, -0.2) is 23.0 Å². The van der Waals surface area contributed by atoms with Gasteiger partial charge in [-0.2, -0.15) is 0 Å². The van der Waals surface area contributed by atoms with E-state index in [0.717, 1.165) is 35.1 Å². The number of halogens is 2. The topological polar surface area (TPSA) is 64.2 Å². The number of benzene rings is 3. The second-order valence-electron chi connectivity index (χ2n) is 7.89. The van der Waals surface area contributed by atoms with Crippen molar-refractivity contribution in [1.82, 2.24) is 9.97 Å². The Kier molecular flexibility index (Phi) is 5.38. The lowest BCUT2D eigenvalue weighted by molar-refractivity contribution is -0.141. The number of H-pyrrole nitrogens is 1. The van der Waals surface area contributed by atoms with Crippen molar-refractivity contribution in [1.29, 1.82) is 0 Å². The third-order valence-electron chi connectivity index (χ3n) is 5.86. The van der Waals surface area contributed by atoms with Crippen LogP contribution in [0.4, 0.5) is 8.78 Å². The normalized spacial score (nSPS) is 17.4. The van der Waals surface area contributed by atoms with E-state index in [1.54, 1.807) is 7.11 Å². The van der Waals surface area contributed by atoms with Crippen molar-refractivity contribution in [2.45, 2.75) is 12.3 Å². The van der Waals surface area contributed by atoms with Crippen LogP contribution >= 0.6 is 0 Å². The Morgan fingerprint density at radius 3 is 2.52 bits per heavy atom. The molecule has 5 nitrogen and oxygen atoms in total. The molecule has 1 aromatic heterocycles. The monoisotopic (exact) mass is 446 g/mol. The summed E-state index contributed by atoms with van der Waals surface area (Å²) < 4.78 is 39.0. The first-order valence-corrected chi connectivity index (χ1v) is 10.5. The quantitative estimate of drug-likeness (QED) is 0.424. The summed E-state index contributed by atoms with van der Waals surface area (Å²) >= 11 is 0. The number of rotatable bonds is 5. The average molecular weight is 446 g/mol. The third kappa shape index (κ3) is 3.98. The molecule has 7 heteroatoms. The Morgan fingerprint density at radius 2 is 1.79 bits per heavy atom. The molecule has 166 valence electrons. The molecule has 0 radical (unpaired) electrons. The molecule has 0 amide bonds. The number of fused-ring (bicyclic) bond motifs is 1. The lowest BCUT2D eigenvalue weighted by Crippen LogP contribution is -2.34. The highest BCUT2D eigenvalue weighted by Gasteiger charge is 2.41. The highest BCUT2D eigenvalue weighted by molar-refractivity contribution is 5.80. The minimum Gasteiger partial charge on any atom is -0.497 e. The van der Waals surface area contributed by atoms with Gasteiger partial charge in [0, 0.05) is 5.92 Å².